The van der Waals surface area contributed by atoms with Crippen molar-refractivity contribution in [3.63, 3.8) is 0 Å². The van der Waals surface area contributed by atoms with Gasteiger partial charge in [0.15, 0.2) is 0 Å². The zero-order valence-corrected chi connectivity index (χ0v) is 17.3. The van der Waals surface area contributed by atoms with E-state index in [1.54, 1.807) is 29.4 Å². The van der Waals surface area contributed by atoms with E-state index in [0.717, 1.165) is 22.2 Å². The van der Waals surface area contributed by atoms with Crippen LogP contribution in [-0.4, -0.2) is 58.9 Å². The van der Waals surface area contributed by atoms with Crippen LogP contribution in [0.1, 0.15) is 11.3 Å². The molecule has 1 aliphatic heterocycles. The van der Waals surface area contributed by atoms with Crippen molar-refractivity contribution in [3.05, 3.63) is 65.1 Å². The lowest BCUT2D eigenvalue weighted by Crippen LogP contribution is -2.52. The molecule has 0 aliphatic carbocycles. The van der Waals surface area contributed by atoms with E-state index in [2.05, 4.69) is 9.97 Å². The van der Waals surface area contributed by atoms with Gasteiger partial charge in [-0.2, -0.15) is 4.31 Å². The number of benzene rings is 1. The van der Waals surface area contributed by atoms with E-state index in [-0.39, 0.29) is 18.2 Å². The van der Waals surface area contributed by atoms with E-state index in [1.807, 2.05) is 24.3 Å². The van der Waals surface area contributed by atoms with Gasteiger partial charge in [0.25, 0.3) is 0 Å². The highest BCUT2D eigenvalue weighted by atomic mass is 35.5. The summed E-state index contributed by atoms with van der Waals surface area (Å²) in [6, 6.07) is 11.0. The fourth-order valence-electron chi connectivity index (χ4n) is 3.44. The molecule has 1 saturated heterocycles. The first-order chi connectivity index (χ1) is 13.9. The van der Waals surface area contributed by atoms with Crippen molar-refractivity contribution in [1.29, 1.82) is 0 Å². The molecule has 152 valence electrons. The Labute approximate surface area is 174 Å². The van der Waals surface area contributed by atoms with Crippen molar-refractivity contribution in [2.75, 3.05) is 25.4 Å². The maximum atomic E-state index is 12.7. The van der Waals surface area contributed by atoms with Crippen LogP contribution in [0, 0.1) is 0 Å². The Kier molecular flexibility index (Phi) is 5.58. The number of carbonyl (C=O) groups excluding carboxylic acids is 1. The summed E-state index contributed by atoms with van der Waals surface area (Å²) in [5.74, 6) is -0.222. The molecule has 1 aliphatic rings. The number of aromatic amines is 1. The van der Waals surface area contributed by atoms with Crippen molar-refractivity contribution >= 4 is 38.4 Å². The van der Waals surface area contributed by atoms with E-state index < -0.39 is 10.0 Å². The van der Waals surface area contributed by atoms with Crippen molar-refractivity contribution in [2.24, 2.45) is 0 Å². The number of carbonyl (C=O) groups is 1. The predicted octanol–water partition coefficient (Wildman–Crippen LogP) is 2.43. The highest BCUT2D eigenvalue weighted by Gasteiger charge is 2.31. The van der Waals surface area contributed by atoms with Gasteiger partial charge >= 0.3 is 0 Å². The number of aromatic nitrogens is 2. The monoisotopic (exact) mass is 432 g/mol. The number of amides is 1. The van der Waals surface area contributed by atoms with Gasteiger partial charge in [0, 0.05) is 47.1 Å². The third-order valence-corrected chi connectivity index (χ3v) is 7.15. The molecule has 1 N–H and O–H groups in total. The molecule has 7 nitrogen and oxygen atoms in total. The van der Waals surface area contributed by atoms with Gasteiger partial charge in [0.1, 0.15) is 0 Å². The minimum absolute atomic E-state index is 0.0308. The van der Waals surface area contributed by atoms with E-state index in [0.29, 0.717) is 31.1 Å². The molecule has 1 amide bonds. The van der Waals surface area contributed by atoms with E-state index >= 15 is 0 Å². The molecule has 9 heteroatoms. The Morgan fingerprint density at radius 2 is 1.93 bits per heavy atom. The van der Waals surface area contributed by atoms with Crippen LogP contribution >= 0.6 is 11.6 Å². The van der Waals surface area contributed by atoms with Crippen LogP contribution in [-0.2, 0) is 27.8 Å². The Morgan fingerprint density at radius 3 is 2.66 bits per heavy atom. The van der Waals surface area contributed by atoms with Gasteiger partial charge in [-0.15, -0.1) is 0 Å². The van der Waals surface area contributed by atoms with Crippen LogP contribution in [0.2, 0.25) is 5.02 Å². The molecule has 0 atom stereocenters. The fraction of sp³-hybridized carbons (Fsp3) is 0.300. The Balaban J connectivity index is 1.36. The molecule has 29 heavy (non-hydrogen) atoms. The smallest absolute Gasteiger partial charge is 0.238 e. The molecule has 1 aromatic carbocycles. The molecule has 0 radical (unpaired) electrons. The molecule has 2 aromatic heterocycles. The van der Waals surface area contributed by atoms with Gasteiger partial charge in [-0.25, -0.2) is 8.42 Å². The van der Waals surface area contributed by atoms with Crippen LogP contribution < -0.4 is 0 Å². The molecular formula is C20H21ClN4O3S. The molecule has 0 unspecified atom stereocenters. The highest BCUT2D eigenvalue weighted by molar-refractivity contribution is 7.89. The quantitative estimate of drug-likeness (QED) is 0.648. The molecular weight excluding hydrogens is 412 g/mol. The standard InChI is InChI=1S/C20H21ClN4O3S/c21-17-3-1-15(2-4-17)6-10-29(27,28)25-9-8-24(20(26)14-25)13-18-11-16-12-22-7-5-19(16)23-18/h1-5,7,11-12,23H,6,8-10,13-14H2. The van der Waals surface area contributed by atoms with E-state index in [4.69, 9.17) is 11.6 Å². The maximum Gasteiger partial charge on any atom is 0.238 e. The second-order valence-electron chi connectivity index (χ2n) is 7.10. The van der Waals surface area contributed by atoms with Crippen molar-refractivity contribution < 1.29 is 13.2 Å². The molecule has 4 rings (SSSR count). The summed E-state index contributed by atoms with van der Waals surface area (Å²) >= 11 is 5.86. The van der Waals surface area contributed by atoms with Gasteiger partial charge in [-0.3, -0.25) is 9.78 Å². The number of nitrogens with zero attached hydrogens (tertiary/aromatic N) is 3. The van der Waals surface area contributed by atoms with Crippen LogP contribution in [0.5, 0.6) is 0 Å². The van der Waals surface area contributed by atoms with Crippen molar-refractivity contribution in [2.45, 2.75) is 13.0 Å². The lowest BCUT2D eigenvalue weighted by Gasteiger charge is -2.33. The molecule has 0 bridgehead atoms. The number of halogens is 1. The van der Waals surface area contributed by atoms with Crippen LogP contribution in [0.25, 0.3) is 10.9 Å². The normalized spacial score (nSPS) is 15.9. The Morgan fingerprint density at radius 1 is 1.14 bits per heavy atom. The van der Waals surface area contributed by atoms with Crippen LogP contribution in [0.4, 0.5) is 0 Å². The number of rotatable bonds is 6. The third-order valence-electron chi connectivity index (χ3n) is 5.08. The zero-order chi connectivity index (χ0) is 20.4. The molecule has 0 spiro atoms. The minimum Gasteiger partial charge on any atom is -0.357 e. The first-order valence-electron chi connectivity index (χ1n) is 9.32. The van der Waals surface area contributed by atoms with Gasteiger partial charge in [-0.1, -0.05) is 23.7 Å². The molecule has 3 aromatic rings. The average Bonchev–Trinajstić information content (AvgIpc) is 3.11. The number of sulfonamides is 1. The van der Waals surface area contributed by atoms with Gasteiger partial charge < -0.3 is 9.88 Å². The Hall–Kier alpha value is -2.42. The second-order valence-corrected chi connectivity index (χ2v) is 9.62. The summed E-state index contributed by atoms with van der Waals surface area (Å²) in [7, 11) is -3.50. The second kappa shape index (κ2) is 8.14. The van der Waals surface area contributed by atoms with Crippen LogP contribution in [0.15, 0.2) is 48.8 Å². The largest absolute Gasteiger partial charge is 0.357 e. The van der Waals surface area contributed by atoms with E-state index in [9.17, 15) is 13.2 Å². The number of piperazine rings is 1. The molecule has 1 fully saturated rings. The maximum absolute atomic E-state index is 12.7. The molecule has 0 saturated carbocycles. The average molecular weight is 433 g/mol. The lowest BCUT2D eigenvalue weighted by molar-refractivity contribution is -0.134. The van der Waals surface area contributed by atoms with Gasteiger partial charge in [0.05, 0.1) is 18.8 Å². The van der Waals surface area contributed by atoms with Crippen molar-refractivity contribution in [3.8, 4) is 0 Å². The van der Waals surface area contributed by atoms with Crippen LogP contribution in [0.3, 0.4) is 0 Å². The number of hydrogen-bond donors (Lipinski definition) is 1. The fourth-order valence-corrected chi connectivity index (χ4v) is 4.99. The number of fused-ring (bicyclic) bond motifs is 1. The SMILES string of the molecule is O=C1CN(S(=O)(=O)CCc2ccc(Cl)cc2)CCN1Cc1cc2cnccc2[nH]1. The number of H-pyrrole nitrogens is 1. The number of hydrogen-bond acceptors (Lipinski definition) is 4. The topological polar surface area (TPSA) is 86.4 Å². The number of aryl methyl sites for hydroxylation is 1. The minimum atomic E-state index is -3.50. The lowest BCUT2D eigenvalue weighted by atomic mass is 10.2. The summed E-state index contributed by atoms with van der Waals surface area (Å²) in [6.07, 6.45) is 3.86. The predicted molar refractivity (Wildman–Crippen MR) is 112 cm³/mol. The number of pyridine rings is 1. The van der Waals surface area contributed by atoms with Crippen molar-refractivity contribution in [1.82, 2.24) is 19.2 Å². The third kappa shape index (κ3) is 4.60. The summed E-state index contributed by atoms with van der Waals surface area (Å²) < 4.78 is 26.6. The summed E-state index contributed by atoms with van der Waals surface area (Å²) in [5, 5.41) is 1.60. The zero-order valence-electron chi connectivity index (χ0n) is 15.7. The highest BCUT2D eigenvalue weighted by Crippen LogP contribution is 2.18. The first-order valence-corrected chi connectivity index (χ1v) is 11.3. The number of nitrogens with one attached hydrogen (secondary N) is 1. The van der Waals surface area contributed by atoms with Gasteiger partial charge in [0.2, 0.25) is 15.9 Å². The summed E-state index contributed by atoms with van der Waals surface area (Å²) in [5.41, 5.74) is 2.77. The summed E-state index contributed by atoms with van der Waals surface area (Å²) in [6.45, 7) is 0.972. The summed E-state index contributed by atoms with van der Waals surface area (Å²) in [4.78, 5) is 21.6. The molecule has 3 heterocycles. The van der Waals surface area contributed by atoms with Gasteiger partial charge in [-0.05, 0) is 36.2 Å². The first kappa shape index (κ1) is 19.9. The Bertz CT molecular complexity index is 1100. The van der Waals surface area contributed by atoms with E-state index in [1.165, 1.54) is 4.31 Å².